The second kappa shape index (κ2) is 8.05. The Balaban J connectivity index is 1.34. The number of hydrogen-bond donors (Lipinski definition) is 1. The van der Waals surface area contributed by atoms with Crippen molar-refractivity contribution < 1.29 is 4.39 Å². The van der Waals surface area contributed by atoms with Crippen molar-refractivity contribution in [1.82, 2.24) is 9.47 Å². The molecule has 2 aromatic carbocycles. The SMILES string of the molecule is Cc1ccc(F)c2ccn(-c3cccc(N4CCC(N5CCC(N)CC5)CC4)c3)c12. The van der Waals surface area contributed by atoms with E-state index in [9.17, 15) is 4.39 Å². The average molecular weight is 407 g/mol. The van der Waals surface area contributed by atoms with Crippen molar-refractivity contribution in [2.24, 2.45) is 5.73 Å². The maximum absolute atomic E-state index is 14.2. The lowest BCUT2D eigenvalue weighted by Gasteiger charge is -2.42. The standard InChI is InChI=1S/C25H31FN4/c1-18-5-6-24(26)23-11-16-30(25(18)23)22-4-2-3-21(17-22)29-14-9-20(10-15-29)28-12-7-19(27)8-13-28/h2-6,11,16-17,19-20H,7-10,12-15,27H2,1H3. The number of aromatic nitrogens is 1. The summed E-state index contributed by atoms with van der Waals surface area (Å²) in [4.78, 5) is 5.15. The minimum Gasteiger partial charge on any atom is -0.371 e. The van der Waals surface area contributed by atoms with Crippen LogP contribution in [0.5, 0.6) is 0 Å². The molecule has 2 aliphatic heterocycles. The van der Waals surface area contributed by atoms with Crippen LogP contribution in [-0.2, 0) is 0 Å². The Morgan fingerprint density at radius 3 is 2.40 bits per heavy atom. The van der Waals surface area contributed by atoms with Gasteiger partial charge in [0.1, 0.15) is 5.82 Å². The quantitative estimate of drug-likeness (QED) is 0.697. The molecule has 1 aromatic heterocycles. The first-order valence-corrected chi connectivity index (χ1v) is 11.2. The van der Waals surface area contributed by atoms with Gasteiger partial charge in [-0.2, -0.15) is 0 Å². The first-order chi connectivity index (χ1) is 14.6. The Kier molecular flexibility index (Phi) is 5.25. The zero-order valence-corrected chi connectivity index (χ0v) is 17.7. The Bertz CT molecular complexity index is 1030. The number of fused-ring (bicyclic) bond motifs is 1. The van der Waals surface area contributed by atoms with Crippen molar-refractivity contribution >= 4 is 16.6 Å². The molecule has 0 atom stereocenters. The van der Waals surface area contributed by atoms with Crippen LogP contribution < -0.4 is 10.6 Å². The molecule has 0 aliphatic carbocycles. The molecule has 0 spiro atoms. The predicted octanol–water partition coefficient (Wildman–Crippen LogP) is 4.47. The molecule has 3 heterocycles. The molecule has 0 radical (unpaired) electrons. The fourth-order valence-electron chi connectivity index (χ4n) is 5.22. The number of rotatable bonds is 3. The number of anilines is 1. The monoisotopic (exact) mass is 406 g/mol. The third-order valence-corrected chi connectivity index (χ3v) is 7.02. The number of halogens is 1. The molecule has 0 unspecified atom stereocenters. The maximum atomic E-state index is 14.2. The summed E-state index contributed by atoms with van der Waals surface area (Å²) in [6.45, 7) is 6.50. The maximum Gasteiger partial charge on any atom is 0.132 e. The summed E-state index contributed by atoms with van der Waals surface area (Å²) >= 11 is 0. The third-order valence-electron chi connectivity index (χ3n) is 7.02. The highest BCUT2D eigenvalue weighted by molar-refractivity contribution is 5.85. The lowest BCUT2D eigenvalue weighted by atomic mass is 9.98. The topological polar surface area (TPSA) is 37.4 Å². The number of piperidine rings is 2. The van der Waals surface area contributed by atoms with E-state index in [1.54, 1.807) is 6.07 Å². The molecular formula is C25H31FN4. The summed E-state index contributed by atoms with van der Waals surface area (Å²) < 4.78 is 16.4. The molecule has 2 N–H and O–H groups in total. The summed E-state index contributed by atoms with van der Waals surface area (Å²) in [5.41, 5.74) is 10.5. The molecule has 4 nitrogen and oxygen atoms in total. The van der Waals surface area contributed by atoms with Gasteiger partial charge in [0.25, 0.3) is 0 Å². The molecule has 5 heteroatoms. The minimum atomic E-state index is -0.161. The van der Waals surface area contributed by atoms with Gasteiger partial charge in [-0.25, -0.2) is 4.39 Å². The van der Waals surface area contributed by atoms with Gasteiger partial charge in [0.05, 0.1) is 5.52 Å². The van der Waals surface area contributed by atoms with Crippen LogP contribution in [0.3, 0.4) is 0 Å². The van der Waals surface area contributed by atoms with Crippen LogP contribution in [0.2, 0.25) is 0 Å². The van der Waals surface area contributed by atoms with Crippen LogP contribution in [0, 0.1) is 12.7 Å². The largest absolute Gasteiger partial charge is 0.371 e. The van der Waals surface area contributed by atoms with Crippen molar-refractivity contribution in [3.8, 4) is 5.69 Å². The highest BCUT2D eigenvalue weighted by Gasteiger charge is 2.27. The van der Waals surface area contributed by atoms with Gasteiger partial charge in [-0.1, -0.05) is 12.1 Å². The second-order valence-electron chi connectivity index (χ2n) is 8.92. The fourth-order valence-corrected chi connectivity index (χ4v) is 5.22. The van der Waals surface area contributed by atoms with Gasteiger partial charge < -0.3 is 20.1 Å². The van der Waals surface area contributed by atoms with Gasteiger partial charge in [0.15, 0.2) is 0 Å². The zero-order valence-electron chi connectivity index (χ0n) is 17.7. The minimum absolute atomic E-state index is 0.161. The third kappa shape index (κ3) is 3.61. The van der Waals surface area contributed by atoms with Crippen molar-refractivity contribution in [1.29, 1.82) is 0 Å². The summed E-state index contributed by atoms with van der Waals surface area (Å²) in [5.74, 6) is -0.161. The fraction of sp³-hybridized carbons (Fsp3) is 0.440. The number of nitrogens with two attached hydrogens (primary N) is 1. The number of nitrogens with zero attached hydrogens (tertiary/aromatic N) is 3. The van der Waals surface area contributed by atoms with E-state index in [2.05, 4.69) is 38.6 Å². The molecule has 2 fully saturated rings. The summed E-state index contributed by atoms with van der Waals surface area (Å²) in [5, 5.41) is 0.683. The smallest absolute Gasteiger partial charge is 0.132 e. The van der Waals surface area contributed by atoms with Crippen LogP contribution in [0.1, 0.15) is 31.2 Å². The van der Waals surface area contributed by atoms with Gasteiger partial charge in [-0.3, -0.25) is 0 Å². The van der Waals surface area contributed by atoms with Crippen LogP contribution in [0.15, 0.2) is 48.7 Å². The zero-order chi connectivity index (χ0) is 20.7. The highest BCUT2D eigenvalue weighted by Crippen LogP contribution is 2.29. The molecule has 0 saturated carbocycles. The molecule has 0 bridgehead atoms. The van der Waals surface area contributed by atoms with Gasteiger partial charge in [0.2, 0.25) is 0 Å². The van der Waals surface area contributed by atoms with Crippen LogP contribution in [-0.4, -0.2) is 47.7 Å². The summed E-state index contributed by atoms with van der Waals surface area (Å²) in [7, 11) is 0. The average Bonchev–Trinajstić information content (AvgIpc) is 3.24. The highest BCUT2D eigenvalue weighted by atomic mass is 19.1. The summed E-state index contributed by atoms with van der Waals surface area (Å²) in [6, 6.07) is 15.0. The van der Waals surface area contributed by atoms with E-state index in [4.69, 9.17) is 5.73 Å². The second-order valence-corrected chi connectivity index (χ2v) is 8.92. The van der Waals surface area contributed by atoms with E-state index < -0.39 is 0 Å². The molecule has 3 aromatic rings. The lowest BCUT2D eigenvalue weighted by Crippen LogP contribution is -2.49. The number of aryl methyl sites for hydroxylation is 1. The van der Waals surface area contributed by atoms with Crippen molar-refractivity contribution in [2.45, 2.75) is 44.7 Å². The van der Waals surface area contributed by atoms with Crippen molar-refractivity contribution in [3.05, 3.63) is 60.0 Å². The number of likely N-dealkylation sites (tertiary alicyclic amines) is 1. The van der Waals surface area contributed by atoms with Crippen molar-refractivity contribution in [3.63, 3.8) is 0 Å². The van der Waals surface area contributed by atoms with Gasteiger partial charge in [-0.05, 0) is 81.6 Å². The van der Waals surface area contributed by atoms with Crippen LogP contribution in [0.25, 0.3) is 16.6 Å². The normalized spacial score (nSPS) is 19.6. The van der Waals surface area contributed by atoms with E-state index in [1.807, 2.05) is 25.3 Å². The van der Waals surface area contributed by atoms with Crippen LogP contribution >= 0.6 is 0 Å². The summed E-state index contributed by atoms with van der Waals surface area (Å²) in [6.07, 6.45) is 6.65. The molecule has 0 amide bonds. The number of hydrogen-bond acceptors (Lipinski definition) is 3. The van der Waals surface area contributed by atoms with E-state index in [0.717, 1.165) is 55.8 Å². The Labute approximate surface area is 178 Å². The molecular weight excluding hydrogens is 375 g/mol. The van der Waals surface area contributed by atoms with E-state index in [0.29, 0.717) is 17.5 Å². The Morgan fingerprint density at radius 2 is 1.63 bits per heavy atom. The number of benzene rings is 2. The van der Waals surface area contributed by atoms with Gasteiger partial charge in [-0.15, -0.1) is 0 Å². The molecule has 5 rings (SSSR count). The Hall–Kier alpha value is -2.37. The van der Waals surface area contributed by atoms with Crippen LogP contribution in [0.4, 0.5) is 10.1 Å². The predicted molar refractivity (Wildman–Crippen MR) is 122 cm³/mol. The van der Waals surface area contributed by atoms with Gasteiger partial charge >= 0.3 is 0 Å². The van der Waals surface area contributed by atoms with Gasteiger partial charge in [0, 0.05) is 48.1 Å². The van der Waals surface area contributed by atoms with E-state index in [-0.39, 0.29) is 5.82 Å². The molecule has 2 aliphatic rings. The van der Waals surface area contributed by atoms with Crippen molar-refractivity contribution in [2.75, 3.05) is 31.1 Å². The first-order valence-electron chi connectivity index (χ1n) is 11.2. The molecule has 2 saturated heterocycles. The molecule has 30 heavy (non-hydrogen) atoms. The first kappa shape index (κ1) is 19.6. The molecule has 158 valence electrons. The van der Waals surface area contributed by atoms with E-state index >= 15 is 0 Å². The lowest BCUT2D eigenvalue weighted by molar-refractivity contribution is 0.132. The Morgan fingerprint density at radius 1 is 0.900 bits per heavy atom. The van der Waals surface area contributed by atoms with E-state index in [1.165, 1.54) is 18.5 Å².